The van der Waals surface area contributed by atoms with E-state index >= 15 is 0 Å². The highest BCUT2D eigenvalue weighted by Crippen LogP contribution is 2.18. The van der Waals surface area contributed by atoms with E-state index in [4.69, 9.17) is 11.6 Å². The number of hydrogen-bond donors (Lipinski definition) is 1. The van der Waals surface area contributed by atoms with Crippen molar-refractivity contribution in [1.29, 1.82) is 0 Å². The molecule has 0 bridgehead atoms. The van der Waals surface area contributed by atoms with E-state index in [9.17, 15) is 4.79 Å². The molecule has 2 heterocycles. The Bertz CT molecular complexity index is 475. The molecule has 1 aliphatic rings. The maximum atomic E-state index is 11.5. The Morgan fingerprint density at radius 2 is 2.00 bits per heavy atom. The summed E-state index contributed by atoms with van der Waals surface area (Å²) in [5.41, 5.74) is 0. The minimum atomic E-state index is 0.0532. The number of carbonyl (C=O) groups is 1. The minimum absolute atomic E-state index is 0.0532. The van der Waals surface area contributed by atoms with Gasteiger partial charge in [-0.2, -0.15) is 15.0 Å². The Labute approximate surface area is 123 Å². The average molecular weight is 299 g/mol. The monoisotopic (exact) mass is 298 g/mol. The van der Waals surface area contributed by atoms with Crippen molar-refractivity contribution in [3.05, 3.63) is 5.28 Å². The first-order valence-electron chi connectivity index (χ1n) is 6.67. The number of amides is 1. The lowest BCUT2D eigenvalue weighted by Gasteiger charge is -2.16. The van der Waals surface area contributed by atoms with Crippen LogP contribution in [0.25, 0.3) is 0 Å². The second kappa shape index (κ2) is 6.69. The van der Waals surface area contributed by atoms with Crippen molar-refractivity contribution in [1.82, 2.24) is 19.9 Å². The van der Waals surface area contributed by atoms with Gasteiger partial charge in [-0.1, -0.05) is 0 Å². The van der Waals surface area contributed by atoms with Crippen LogP contribution >= 0.6 is 11.6 Å². The molecule has 7 nitrogen and oxygen atoms in total. The molecule has 1 saturated heterocycles. The van der Waals surface area contributed by atoms with Gasteiger partial charge < -0.3 is 15.1 Å². The van der Waals surface area contributed by atoms with Gasteiger partial charge >= 0.3 is 0 Å². The lowest BCUT2D eigenvalue weighted by Crippen LogP contribution is -2.25. The van der Waals surface area contributed by atoms with E-state index in [-0.39, 0.29) is 11.2 Å². The van der Waals surface area contributed by atoms with Crippen LogP contribution in [0.3, 0.4) is 0 Å². The number of aromatic nitrogens is 3. The highest BCUT2D eigenvalue weighted by Gasteiger charge is 2.17. The van der Waals surface area contributed by atoms with Gasteiger partial charge in [0.05, 0.1) is 0 Å². The van der Waals surface area contributed by atoms with Crippen LogP contribution in [-0.4, -0.2) is 59.5 Å². The molecule has 0 aromatic carbocycles. The summed E-state index contributed by atoms with van der Waals surface area (Å²) in [5, 5.41) is 3.18. The van der Waals surface area contributed by atoms with E-state index in [1.165, 1.54) is 0 Å². The smallest absolute Gasteiger partial charge is 0.231 e. The molecule has 0 unspecified atom stereocenters. The number of anilines is 2. The quantitative estimate of drug-likeness (QED) is 0.875. The van der Waals surface area contributed by atoms with Crippen molar-refractivity contribution < 1.29 is 4.79 Å². The molecular formula is C12H19ClN6O. The van der Waals surface area contributed by atoms with E-state index in [2.05, 4.69) is 25.2 Å². The second-order valence-electron chi connectivity index (χ2n) is 4.89. The van der Waals surface area contributed by atoms with Crippen molar-refractivity contribution >= 4 is 29.4 Å². The van der Waals surface area contributed by atoms with Crippen molar-refractivity contribution in [2.75, 3.05) is 43.9 Å². The summed E-state index contributed by atoms with van der Waals surface area (Å²) in [5.74, 6) is 1.07. The molecule has 0 saturated carbocycles. The van der Waals surface area contributed by atoms with Crippen LogP contribution in [-0.2, 0) is 4.79 Å². The summed E-state index contributed by atoms with van der Waals surface area (Å²) >= 11 is 5.92. The first kappa shape index (κ1) is 14.8. The highest BCUT2D eigenvalue weighted by atomic mass is 35.5. The molecule has 1 aromatic heterocycles. The summed E-state index contributed by atoms with van der Waals surface area (Å²) in [7, 11) is 3.46. The summed E-state index contributed by atoms with van der Waals surface area (Å²) < 4.78 is 0. The Kier molecular flexibility index (Phi) is 4.94. The van der Waals surface area contributed by atoms with Gasteiger partial charge in [-0.25, -0.2) is 0 Å². The van der Waals surface area contributed by atoms with E-state index in [0.29, 0.717) is 24.9 Å². The van der Waals surface area contributed by atoms with Crippen LogP contribution in [0.5, 0.6) is 0 Å². The van der Waals surface area contributed by atoms with Gasteiger partial charge in [0.1, 0.15) is 0 Å². The normalized spacial score (nSPS) is 14.4. The first-order chi connectivity index (χ1) is 9.56. The summed E-state index contributed by atoms with van der Waals surface area (Å²) in [4.78, 5) is 27.6. The van der Waals surface area contributed by atoms with Crippen LogP contribution < -0.4 is 10.2 Å². The second-order valence-corrected chi connectivity index (χ2v) is 5.23. The molecule has 1 aliphatic heterocycles. The molecule has 0 atom stereocenters. The molecule has 0 aliphatic carbocycles. The third-order valence-electron chi connectivity index (χ3n) is 3.11. The third kappa shape index (κ3) is 3.93. The van der Waals surface area contributed by atoms with Crippen LogP contribution in [0.2, 0.25) is 5.28 Å². The fraction of sp³-hybridized carbons (Fsp3) is 0.667. The molecule has 2 rings (SSSR count). The van der Waals surface area contributed by atoms with Crippen LogP contribution in [0.1, 0.15) is 19.3 Å². The third-order valence-corrected chi connectivity index (χ3v) is 3.28. The lowest BCUT2D eigenvalue weighted by molar-refractivity contribution is -0.128. The number of nitrogens with zero attached hydrogens (tertiary/aromatic N) is 5. The topological polar surface area (TPSA) is 74.2 Å². The molecule has 8 heteroatoms. The van der Waals surface area contributed by atoms with Gasteiger partial charge in [0.25, 0.3) is 0 Å². The SMILES string of the molecule is CN(C)C(=O)CCNc1nc(Cl)nc(N2CCCC2)n1. The van der Waals surface area contributed by atoms with Gasteiger partial charge in [0.15, 0.2) is 0 Å². The number of carbonyl (C=O) groups excluding carboxylic acids is 1. The minimum Gasteiger partial charge on any atom is -0.354 e. The number of halogens is 1. The number of nitrogens with one attached hydrogen (secondary N) is 1. The molecular weight excluding hydrogens is 280 g/mol. The van der Waals surface area contributed by atoms with Gasteiger partial charge in [0, 0.05) is 40.2 Å². The Morgan fingerprint density at radius 3 is 2.65 bits per heavy atom. The van der Waals surface area contributed by atoms with Gasteiger partial charge in [-0.15, -0.1) is 0 Å². The molecule has 1 aromatic rings. The highest BCUT2D eigenvalue weighted by molar-refractivity contribution is 6.28. The van der Waals surface area contributed by atoms with Crippen LogP contribution in [0, 0.1) is 0 Å². The van der Waals surface area contributed by atoms with Crippen molar-refractivity contribution in [2.45, 2.75) is 19.3 Å². The van der Waals surface area contributed by atoms with Crippen LogP contribution in [0.4, 0.5) is 11.9 Å². The van der Waals surface area contributed by atoms with Crippen molar-refractivity contribution in [2.24, 2.45) is 0 Å². The summed E-state index contributed by atoms with van der Waals surface area (Å²) in [6.07, 6.45) is 2.67. The number of rotatable bonds is 5. The fourth-order valence-electron chi connectivity index (χ4n) is 1.98. The Hall–Kier alpha value is -1.63. The van der Waals surface area contributed by atoms with Crippen LogP contribution in [0.15, 0.2) is 0 Å². The molecule has 1 N–H and O–H groups in total. The first-order valence-corrected chi connectivity index (χ1v) is 7.04. The van der Waals surface area contributed by atoms with E-state index in [0.717, 1.165) is 25.9 Å². The van der Waals surface area contributed by atoms with E-state index < -0.39 is 0 Å². The zero-order valence-corrected chi connectivity index (χ0v) is 12.5. The zero-order chi connectivity index (χ0) is 14.5. The standard InChI is InChI=1S/C12H19ClN6O/c1-18(2)9(20)5-6-14-11-15-10(13)16-12(17-11)19-7-3-4-8-19/h3-8H2,1-2H3,(H,14,15,16,17). The number of hydrogen-bond acceptors (Lipinski definition) is 6. The fourth-order valence-corrected chi connectivity index (χ4v) is 2.14. The van der Waals surface area contributed by atoms with Gasteiger partial charge in [-0.05, 0) is 24.4 Å². The molecule has 1 amide bonds. The van der Waals surface area contributed by atoms with Gasteiger partial charge in [0.2, 0.25) is 23.1 Å². The molecule has 0 spiro atoms. The maximum Gasteiger partial charge on any atom is 0.231 e. The predicted molar refractivity (Wildman–Crippen MR) is 78.1 cm³/mol. The summed E-state index contributed by atoms with van der Waals surface area (Å²) in [6, 6.07) is 0. The predicted octanol–water partition coefficient (Wildman–Crippen LogP) is 1.02. The largest absolute Gasteiger partial charge is 0.354 e. The Morgan fingerprint density at radius 1 is 1.30 bits per heavy atom. The van der Waals surface area contributed by atoms with E-state index in [1.54, 1.807) is 19.0 Å². The maximum absolute atomic E-state index is 11.5. The van der Waals surface area contributed by atoms with E-state index in [1.807, 2.05) is 0 Å². The molecule has 20 heavy (non-hydrogen) atoms. The zero-order valence-electron chi connectivity index (χ0n) is 11.8. The Balaban J connectivity index is 1.95. The lowest BCUT2D eigenvalue weighted by atomic mass is 10.4. The molecule has 1 fully saturated rings. The van der Waals surface area contributed by atoms with Crippen molar-refractivity contribution in [3.63, 3.8) is 0 Å². The molecule has 0 radical (unpaired) electrons. The average Bonchev–Trinajstić information content (AvgIpc) is 2.91. The molecule has 110 valence electrons. The summed E-state index contributed by atoms with van der Waals surface area (Å²) in [6.45, 7) is 2.36. The van der Waals surface area contributed by atoms with Crippen molar-refractivity contribution in [3.8, 4) is 0 Å². The van der Waals surface area contributed by atoms with Gasteiger partial charge in [-0.3, -0.25) is 4.79 Å².